The number of aliphatic hydroxyl groups excluding tert-OH is 1. The number of carbonyl (C=O) groups excluding carboxylic acids is 1. The summed E-state index contributed by atoms with van der Waals surface area (Å²) in [7, 11) is 0. The van der Waals surface area contributed by atoms with Gasteiger partial charge in [0.1, 0.15) is 0 Å². The maximum atomic E-state index is 12.9. The zero-order valence-corrected chi connectivity index (χ0v) is 14.2. The van der Waals surface area contributed by atoms with Crippen molar-refractivity contribution in [3.8, 4) is 0 Å². The van der Waals surface area contributed by atoms with Gasteiger partial charge in [0.2, 0.25) is 0 Å². The normalized spacial score (nSPS) is 18.1. The van der Waals surface area contributed by atoms with Crippen molar-refractivity contribution in [2.45, 2.75) is 38.3 Å². The number of aromatic amines is 1. The van der Waals surface area contributed by atoms with Crippen molar-refractivity contribution >= 4 is 16.7 Å². The largest absolute Gasteiger partial charge is 0.396 e. The first-order chi connectivity index (χ1) is 11.7. The maximum Gasteiger partial charge on any atom is 0.181 e. The van der Waals surface area contributed by atoms with Crippen LogP contribution in [0.1, 0.15) is 36.5 Å². The van der Waals surface area contributed by atoms with Gasteiger partial charge in [0.25, 0.3) is 0 Å². The Morgan fingerprint density at radius 1 is 1.38 bits per heavy atom. The van der Waals surface area contributed by atoms with E-state index in [1.807, 2.05) is 37.4 Å². The van der Waals surface area contributed by atoms with Crippen LogP contribution in [0.4, 0.5) is 0 Å². The number of aliphatic hydroxyl groups is 1. The average Bonchev–Trinajstić information content (AvgIpc) is 3.05. The number of nitrogens with one attached hydrogen (secondary N) is 1. The molecule has 130 valence electrons. The maximum absolute atomic E-state index is 12.9. The summed E-state index contributed by atoms with van der Waals surface area (Å²) in [6.45, 7) is 4.54. The molecule has 1 aliphatic heterocycles. The fourth-order valence-electron chi connectivity index (χ4n) is 3.41. The van der Waals surface area contributed by atoms with Gasteiger partial charge in [-0.05, 0) is 32.3 Å². The zero-order valence-electron chi connectivity index (χ0n) is 14.2. The van der Waals surface area contributed by atoms with Crippen LogP contribution in [-0.2, 0) is 4.74 Å². The molecular weight excluding hydrogens is 304 g/mol. The van der Waals surface area contributed by atoms with Crippen LogP contribution in [0, 0.1) is 0 Å². The fraction of sp³-hybridized carbons (Fsp3) is 0.526. The van der Waals surface area contributed by atoms with Gasteiger partial charge in [-0.3, -0.25) is 9.69 Å². The number of Topliss-reactive ketones (excluding diaryl/α,β-unsaturated/α-hetero) is 1. The summed E-state index contributed by atoms with van der Waals surface area (Å²) in [5, 5.41) is 9.81. The number of ketones is 1. The lowest BCUT2D eigenvalue weighted by Crippen LogP contribution is -2.45. The number of hydrogen-bond acceptors (Lipinski definition) is 4. The SMILES string of the molecule is CC(C(=O)c1c[nH]c2ccccc12)N1CCC(OCCCO)CC1. The summed E-state index contributed by atoms with van der Waals surface area (Å²) in [5.74, 6) is 0.173. The predicted octanol–water partition coefficient (Wildman–Crippen LogP) is 2.60. The smallest absolute Gasteiger partial charge is 0.181 e. The van der Waals surface area contributed by atoms with E-state index in [2.05, 4.69) is 9.88 Å². The number of piperidine rings is 1. The molecule has 2 aromatic rings. The van der Waals surface area contributed by atoms with E-state index in [-0.39, 0.29) is 24.5 Å². The van der Waals surface area contributed by atoms with E-state index in [4.69, 9.17) is 9.84 Å². The van der Waals surface area contributed by atoms with Crippen LogP contribution in [0.2, 0.25) is 0 Å². The molecule has 1 aliphatic rings. The summed E-state index contributed by atoms with van der Waals surface area (Å²) < 4.78 is 5.77. The van der Waals surface area contributed by atoms with Gasteiger partial charge in [0, 0.05) is 49.0 Å². The van der Waals surface area contributed by atoms with Crippen LogP contribution in [-0.4, -0.2) is 59.2 Å². The standard InChI is InChI=1S/C19H26N2O3/c1-14(21-9-7-15(8-10-21)24-12-4-11-22)19(23)17-13-20-18-6-3-2-5-16(17)18/h2-3,5-6,13-15,20,22H,4,7-12H2,1H3. The highest BCUT2D eigenvalue weighted by Gasteiger charge is 2.28. The number of rotatable bonds is 7. The van der Waals surface area contributed by atoms with Crippen molar-refractivity contribution in [1.29, 1.82) is 0 Å². The molecule has 0 saturated carbocycles. The number of para-hydroxylation sites is 1. The van der Waals surface area contributed by atoms with Crippen molar-refractivity contribution in [1.82, 2.24) is 9.88 Å². The van der Waals surface area contributed by atoms with Gasteiger partial charge in [0.15, 0.2) is 5.78 Å². The second kappa shape index (κ2) is 7.92. The van der Waals surface area contributed by atoms with Crippen molar-refractivity contribution < 1.29 is 14.6 Å². The molecule has 1 saturated heterocycles. The minimum absolute atomic E-state index is 0.123. The predicted molar refractivity (Wildman–Crippen MR) is 94.3 cm³/mol. The number of hydrogen-bond donors (Lipinski definition) is 2. The van der Waals surface area contributed by atoms with E-state index in [0.717, 1.165) is 42.4 Å². The van der Waals surface area contributed by atoms with Gasteiger partial charge in [-0.15, -0.1) is 0 Å². The number of benzene rings is 1. The number of likely N-dealkylation sites (tertiary alicyclic amines) is 1. The Morgan fingerprint density at radius 3 is 2.88 bits per heavy atom. The lowest BCUT2D eigenvalue weighted by molar-refractivity contribution is -0.00363. The second-order valence-electron chi connectivity index (χ2n) is 6.47. The average molecular weight is 330 g/mol. The molecule has 1 aromatic heterocycles. The van der Waals surface area contributed by atoms with Crippen LogP contribution in [0.5, 0.6) is 0 Å². The number of fused-ring (bicyclic) bond motifs is 1. The second-order valence-corrected chi connectivity index (χ2v) is 6.47. The van der Waals surface area contributed by atoms with E-state index in [9.17, 15) is 4.79 Å². The number of H-pyrrole nitrogens is 1. The quantitative estimate of drug-likeness (QED) is 0.605. The van der Waals surface area contributed by atoms with E-state index in [1.54, 1.807) is 0 Å². The fourth-order valence-corrected chi connectivity index (χ4v) is 3.41. The summed E-state index contributed by atoms with van der Waals surface area (Å²) in [5.41, 5.74) is 1.78. The third-order valence-electron chi connectivity index (χ3n) is 4.91. The third kappa shape index (κ3) is 3.69. The molecule has 2 heterocycles. The minimum atomic E-state index is -0.123. The van der Waals surface area contributed by atoms with Crippen LogP contribution in [0.15, 0.2) is 30.5 Å². The summed E-state index contributed by atoms with van der Waals surface area (Å²) in [6.07, 6.45) is 4.65. The molecule has 0 bridgehead atoms. The highest BCUT2D eigenvalue weighted by Crippen LogP contribution is 2.23. The topological polar surface area (TPSA) is 65.6 Å². The molecule has 3 rings (SSSR count). The van der Waals surface area contributed by atoms with Crippen molar-refractivity contribution in [3.63, 3.8) is 0 Å². The Labute approximate surface area is 142 Å². The Hall–Kier alpha value is -1.69. The van der Waals surface area contributed by atoms with Crippen LogP contribution in [0.3, 0.4) is 0 Å². The van der Waals surface area contributed by atoms with Gasteiger partial charge in [-0.25, -0.2) is 0 Å². The molecule has 1 fully saturated rings. The summed E-state index contributed by atoms with van der Waals surface area (Å²) in [6, 6.07) is 7.80. The first-order valence-corrected chi connectivity index (χ1v) is 8.77. The molecule has 1 aromatic carbocycles. The monoisotopic (exact) mass is 330 g/mol. The van der Waals surface area contributed by atoms with Crippen molar-refractivity contribution in [3.05, 3.63) is 36.0 Å². The lowest BCUT2D eigenvalue weighted by Gasteiger charge is -2.35. The van der Waals surface area contributed by atoms with Crippen LogP contribution < -0.4 is 0 Å². The molecule has 0 amide bonds. The Bertz CT molecular complexity index is 674. The van der Waals surface area contributed by atoms with Gasteiger partial charge in [0.05, 0.1) is 12.1 Å². The van der Waals surface area contributed by atoms with E-state index < -0.39 is 0 Å². The molecule has 0 spiro atoms. The van der Waals surface area contributed by atoms with E-state index >= 15 is 0 Å². The van der Waals surface area contributed by atoms with Gasteiger partial charge in [-0.2, -0.15) is 0 Å². The van der Waals surface area contributed by atoms with Gasteiger partial charge < -0.3 is 14.8 Å². The first-order valence-electron chi connectivity index (χ1n) is 8.77. The number of nitrogens with zero attached hydrogens (tertiary/aromatic N) is 1. The number of carbonyl (C=O) groups is 1. The summed E-state index contributed by atoms with van der Waals surface area (Å²) in [4.78, 5) is 18.3. The zero-order chi connectivity index (χ0) is 16.9. The molecule has 5 heteroatoms. The molecule has 24 heavy (non-hydrogen) atoms. The Morgan fingerprint density at radius 2 is 2.12 bits per heavy atom. The number of ether oxygens (including phenoxy) is 1. The van der Waals surface area contributed by atoms with Crippen molar-refractivity contribution in [2.24, 2.45) is 0 Å². The molecule has 0 radical (unpaired) electrons. The number of aromatic nitrogens is 1. The molecule has 2 N–H and O–H groups in total. The Balaban J connectivity index is 1.59. The molecular formula is C19H26N2O3. The first kappa shape index (κ1) is 17.1. The van der Waals surface area contributed by atoms with E-state index in [0.29, 0.717) is 13.0 Å². The lowest BCUT2D eigenvalue weighted by atomic mass is 10.00. The van der Waals surface area contributed by atoms with Crippen LogP contribution >= 0.6 is 0 Å². The van der Waals surface area contributed by atoms with Gasteiger partial charge >= 0.3 is 0 Å². The third-order valence-corrected chi connectivity index (χ3v) is 4.91. The van der Waals surface area contributed by atoms with Crippen LogP contribution in [0.25, 0.3) is 10.9 Å². The highest BCUT2D eigenvalue weighted by molar-refractivity contribution is 6.10. The molecule has 0 aliphatic carbocycles. The molecule has 1 unspecified atom stereocenters. The summed E-state index contributed by atoms with van der Waals surface area (Å²) >= 11 is 0. The molecule has 1 atom stereocenters. The van der Waals surface area contributed by atoms with E-state index in [1.165, 1.54) is 0 Å². The highest BCUT2D eigenvalue weighted by atomic mass is 16.5. The Kier molecular flexibility index (Phi) is 5.66. The molecule has 5 nitrogen and oxygen atoms in total. The van der Waals surface area contributed by atoms with Gasteiger partial charge in [-0.1, -0.05) is 18.2 Å². The minimum Gasteiger partial charge on any atom is -0.396 e. The van der Waals surface area contributed by atoms with Crippen molar-refractivity contribution in [2.75, 3.05) is 26.3 Å².